The van der Waals surface area contributed by atoms with Crippen LogP contribution in [-0.4, -0.2) is 6.29 Å². The van der Waals surface area contributed by atoms with Crippen LogP contribution in [0, 0.1) is 0 Å². The minimum atomic E-state index is 0.678. The van der Waals surface area contributed by atoms with E-state index in [0.717, 1.165) is 25.0 Å². The lowest BCUT2D eigenvalue weighted by atomic mass is 10.2. The van der Waals surface area contributed by atoms with E-state index in [1.807, 2.05) is 30.3 Å². The van der Waals surface area contributed by atoms with Gasteiger partial charge in [0.05, 0.1) is 0 Å². The molecule has 2 aromatic carbocycles. The molecule has 0 N–H and O–H groups in total. The van der Waals surface area contributed by atoms with Gasteiger partial charge in [0.2, 0.25) is 0 Å². The van der Waals surface area contributed by atoms with Crippen molar-refractivity contribution in [2.24, 2.45) is 0 Å². The van der Waals surface area contributed by atoms with E-state index >= 15 is 0 Å². The van der Waals surface area contributed by atoms with Gasteiger partial charge in [0, 0.05) is 24.3 Å². The minimum Gasteiger partial charge on any atom is -0.298 e. The third-order valence-electron chi connectivity index (χ3n) is 2.13. The summed E-state index contributed by atoms with van der Waals surface area (Å²) in [5.41, 5.74) is 0.678. The molecule has 0 amide bonds. The molecule has 2 aromatic rings. The van der Waals surface area contributed by atoms with Crippen molar-refractivity contribution in [1.29, 1.82) is 0 Å². The molecule has 0 aromatic heterocycles. The Hall–Kier alpha value is -0.580. The summed E-state index contributed by atoms with van der Waals surface area (Å²) in [4.78, 5) is 12.9. The number of carbonyl (C=O) groups excluding carboxylic acids is 1. The van der Waals surface area contributed by atoms with Crippen LogP contribution < -0.4 is 0 Å². The second-order valence-corrected chi connectivity index (χ2v) is 6.25. The standard InChI is InChI=1S/C13H8Br2OS/c14-10-2-4-11(5-3-10)17-13-6-1-9(8-16)7-12(13)15/h1-8H. The molecular weight excluding hydrogens is 364 g/mol. The lowest BCUT2D eigenvalue weighted by Gasteiger charge is -2.05. The van der Waals surface area contributed by atoms with Crippen LogP contribution in [0.3, 0.4) is 0 Å². The summed E-state index contributed by atoms with van der Waals surface area (Å²) < 4.78 is 2.01. The Morgan fingerprint density at radius 3 is 2.29 bits per heavy atom. The fraction of sp³-hybridized carbons (Fsp3) is 0. The molecule has 86 valence electrons. The third kappa shape index (κ3) is 3.44. The molecule has 0 radical (unpaired) electrons. The van der Waals surface area contributed by atoms with Crippen LogP contribution in [0.15, 0.2) is 61.2 Å². The predicted octanol–water partition coefficient (Wildman–Crippen LogP) is 5.18. The maximum Gasteiger partial charge on any atom is 0.150 e. The van der Waals surface area contributed by atoms with Gasteiger partial charge in [-0.3, -0.25) is 4.79 Å². The van der Waals surface area contributed by atoms with E-state index in [4.69, 9.17) is 0 Å². The lowest BCUT2D eigenvalue weighted by molar-refractivity contribution is 0.112. The van der Waals surface area contributed by atoms with Gasteiger partial charge in [0.25, 0.3) is 0 Å². The summed E-state index contributed by atoms with van der Waals surface area (Å²) in [6, 6.07) is 13.7. The first-order valence-electron chi connectivity index (χ1n) is 4.87. The molecule has 0 fully saturated rings. The average Bonchev–Trinajstić information content (AvgIpc) is 2.34. The smallest absolute Gasteiger partial charge is 0.150 e. The molecular formula is C13H8Br2OS. The summed E-state index contributed by atoms with van der Waals surface area (Å²) in [5.74, 6) is 0. The van der Waals surface area contributed by atoms with Crippen LogP contribution in [0.25, 0.3) is 0 Å². The Labute approximate surface area is 121 Å². The zero-order valence-electron chi connectivity index (χ0n) is 8.69. The van der Waals surface area contributed by atoms with Crippen LogP contribution in [0.4, 0.5) is 0 Å². The molecule has 4 heteroatoms. The highest BCUT2D eigenvalue weighted by Gasteiger charge is 2.03. The summed E-state index contributed by atoms with van der Waals surface area (Å²) in [6.45, 7) is 0. The first kappa shape index (κ1) is 12.9. The van der Waals surface area contributed by atoms with Crippen molar-refractivity contribution in [2.75, 3.05) is 0 Å². The first-order chi connectivity index (χ1) is 8.19. The van der Waals surface area contributed by atoms with Gasteiger partial charge in [-0.1, -0.05) is 33.8 Å². The Morgan fingerprint density at radius 1 is 1.00 bits per heavy atom. The molecule has 1 nitrogen and oxygen atoms in total. The van der Waals surface area contributed by atoms with Gasteiger partial charge in [-0.25, -0.2) is 0 Å². The Kier molecular flexibility index (Phi) is 4.42. The summed E-state index contributed by atoms with van der Waals surface area (Å²) in [5, 5.41) is 0. The van der Waals surface area contributed by atoms with Gasteiger partial charge in [-0.2, -0.15) is 0 Å². The summed E-state index contributed by atoms with van der Waals surface area (Å²) in [7, 11) is 0. The lowest BCUT2D eigenvalue weighted by Crippen LogP contribution is -1.82. The fourth-order valence-electron chi connectivity index (χ4n) is 1.30. The largest absolute Gasteiger partial charge is 0.298 e. The number of hydrogen-bond donors (Lipinski definition) is 0. The van der Waals surface area contributed by atoms with E-state index < -0.39 is 0 Å². The van der Waals surface area contributed by atoms with Crippen molar-refractivity contribution in [3.05, 3.63) is 57.0 Å². The number of aldehydes is 1. The first-order valence-corrected chi connectivity index (χ1v) is 7.27. The number of halogens is 2. The Balaban J connectivity index is 2.24. The van der Waals surface area contributed by atoms with Crippen LogP contribution in [0.5, 0.6) is 0 Å². The molecule has 0 heterocycles. The van der Waals surface area contributed by atoms with E-state index in [1.54, 1.807) is 11.8 Å². The molecule has 17 heavy (non-hydrogen) atoms. The van der Waals surface area contributed by atoms with Gasteiger partial charge in [0.1, 0.15) is 6.29 Å². The topological polar surface area (TPSA) is 17.1 Å². The Morgan fingerprint density at radius 2 is 1.71 bits per heavy atom. The maximum atomic E-state index is 10.6. The molecule has 0 saturated heterocycles. The van der Waals surface area contributed by atoms with Gasteiger partial charge < -0.3 is 0 Å². The molecule has 2 rings (SSSR count). The van der Waals surface area contributed by atoms with Crippen molar-refractivity contribution in [2.45, 2.75) is 9.79 Å². The highest BCUT2D eigenvalue weighted by Crippen LogP contribution is 2.34. The highest BCUT2D eigenvalue weighted by molar-refractivity contribution is 9.10. The normalized spacial score (nSPS) is 10.2. The van der Waals surface area contributed by atoms with Crippen molar-refractivity contribution < 1.29 is 4.79 Å². The maximum absolute atomic E-state index is 10.6. The van der Waals surface area contributed by atoms with E-state index in [9.17, 15) is 4.79 Å². The van der Waals surface area contributed by atoms with Gasteiger partial charge in [0.15, 0.2) is 0 Å². The second-order valence-electron chi connectivity index (χ2n) is 3.36. The molecule has 0 aliphatic heterocycles. The second kappa shape index (κ2) is 5.85. The zero-order chi connectivity index (χ0) is 12.3. The monoisotopic (exact) mass is 370 g/mol. The van der Waals surface area contributed by atoms with Crippen LogP contribution in [0.2, 0.25) is 0 Å². The summed E-state index contributed by atoms with van der Waals surface area (Å²) >= 11 is 8.54. The molecule has 0 aliphatic rings. The van der Waals surface area contributed by atoms with Crippen LogP contribution in [-0.2, 0) is 0 Å². The number of carbonyl (C=O) groups is 1. The molecule has 0 aliphatic carbocycles. The SMILES string of the molecule is O=Cc1ccc(Sc2ccc(Br)cc2)c(Br)c1. The average molecular weight is 372 g/mol. The van der Waals surface area contributed by atoms with Gasteiger partial charge in [-0.05, 0) is 52.3 Å². The van der Waals surface area contributed by atoms with Crippen LogP contribution in [0.1, 0.15) is 10.4 Å². The highest BCUT2D eigenvalue weighted by atomic mass is 79.9. The number of rotatable bonds is 3. The third-order valence-corrected chi connectivity index (χ3v) is 4.66. The van der Waals surface area contributed by atoms with E-state index in [1.165, 1.54) is 0 Å². The van der Waals surface area contributed by atoms with Gasteiger partial charge in [-0.15, -0.1) is 0 Å². The molecule has 0 atom stereocenters. The molecule has 0 spiro atoms. The fourth-order valence-corrected chi connectivity index (χ4v) is 3.03. The van der Waals surface area contributed by atoms with Crippen molar-refractivity contribution in [3.8, 4) is 0 Å². The molecule has 0 unspecified atom stereocenters. The van der Waals surface area contributed by atoms with E-state index in [0.29, 0.717) is 5.56 Å². The number of hydrogen-bond acceptors (Lipinski definition) is 2. The van der Waals surface area contributed by atoms with Crippen molar-refractivity contribution >= 4 is 49.9 Å². The minimum absolute atomic E-state index is 0.678. The molecule has 0 bridgehead atoms. The van der Waals surface area contributed by atoms with E-state index in [2.05, 4.69) is 44.0 Å². The van der Waals surface area contributed by atoms with E-state index in [-0.39, 0.29) is 0 Å². The zero-order valence-corrected chi connectivity index (χ0v) is 12.7. The summed E-state index contributed by atoms with van der Waals surface area (Å²) in [6.07, 6.45) is 0.846. The van der Waals surface area contributed by atoms with Crippen LogP contribution >= 0.6 is 43.6 Å². The Bertz CT molecular complexity index is 538. The van der Waals surface area contributed by atoms with Gasteiger partial charge >= 0.3 is 0 Å². The quantitative estimate of drug-likeness (QED) is 0.692. The van der Waals surface area contributed by atoms with Crippen molar-refractivity contribution in [3.63, 3.8) is 0 Å². The predicted molar refractivity (Wildman–Crippen MR) is 77.8 cm³/mol. The van der Waals surface area contributed by atoms with Crippen molar-refractivity contribution in [1.82, 2.24) is 0 Å². The number of benzene rings is 2. The molecule has 0 saturated carbocycles.